The van der Waals surface area contributed by atoms with E-state index < -0.39 is 42.5 Å². The number of aliphatic carboxylic acids is 3. The van der Waals surface area contributed by atoms with E-state index in [1.54, 1.807) is 0 Å². The van der Waals surface area contributed by atoms with E-state index in [-0.39, 0.29) is 29.3 Å². The van der Waals surface area contributed by atoms with E-state index in [1.165, 1.54) is 0 Å². The van der Waals surface area contributed by atoms with Crippen LogP contribution in [0.1, 0.15) is 53.4 Å². The summed E-state index contributed by atoms with van der Waals surface area (Å²) in [5.41, 5.74) is 0.489. The van der Waals surface area contributed by atoms with Crippen LogP contribution in [0.2, 0.25) is 0 Å². The molecule has 8 heteroatoms. The van der Waals surface area contributed by atoms with Crippen LogP contribution in [-0.2, 0) is 19.1 Å². The van der Waals surface area contributed by atoms with Crippen LogP contribution in [0.15, 0.2) is 11.6 Å². The topological polar surface area (TPSA) is 141 Å². The van der Waals surface area contributed by atoms with Gasteiger partial charge in [0, 0.05) is 5.92 Å². The summed E-state index contributed by atoms with van der Waals surface area (Å²) in [6, 6.07) is 0. The zero-order valence-electron chi connectivity index (χ0n) is 17.4. The lowest BCUT2D eigenvalue weighted by atomic mass is 9.48. The lowest BCUT2D eigenvalue weighted by molar-refractivity contribution is -0.171. The summed E-state index contributed by atoms with van der Waals surface area (Å²) < 4.78 is 5.60. The molecule has 1 fully saturated rings. The molecule has 0 bridgehead atoms. The van der Waals surface area contributed by atoms with Crippen molar-refractivity contribution in [2.45, 2.75) is 65.6 Å². The number of carboxylic acid groups (broad SMARTS) is 3. The van der Waals surface area contributed by atoms with Gasteiger partial charge in [-0.2, -0.15) is 0 Å². The molecule has 0 radical (unpaired) electrons. The molecule has 29 heavy (non-hydrogen) atoms. The van der Waals surface area contributed by atoms with Crippen LogP contribution in [0, 0.1) is 28.6 Å². The third-order valence-corrected chi connectivity index (χ3v) is 7.29. The molecule has 2 aliphatic rings. The third kappa shape index (κ3) is 4.48. The molecule has 0 aromatic rings. The van der Waals surface area contributed by atoms with Gasteiger partial charge in [-0.25, -0.2) is 4.79 Å². The number of allylic oxidation sites excluding steroid dienone is 1. The number of hydrogen-bond donors (Lipinski definition) is 4. The quantitative estimate of drug-likeness (QED) is 0.445. The van der Waals surface area contributed by atoms with E-state index in [0.717, 1.165) is 18.4 Å². The van der Waals surface area contributed by atoms with Crippen molar-refractivity contribution in [1.29, 1.82) is 0 Å². The number of aliphatic hydroxyl groups excluding tert-OH is 1. The Bertz CT molecular complexity index is 697. The normalized spacial score (nSPS) is 33.1. The maximum absolute atomic E-state index is 11.7. The number of fused-ring (bicyclic) bond motifs is 1. The second-order valence-electron chi connectivity index (χ2n) is 9.31. The SMILES string of the molecule is CC1=CC[C@H]2C(C)(C)[C@@H](O)CC[C@]2(C)[C@H]1CO[C@@H](C(=O)O)[C@H](CC(=O)O)C(=O)O. The minimum Gasteiger partial charge on any atom is -0.481 e. The highest BCUT2D eigenvalue weighted by Gasteiger charge is 2.55. The van der Waals surface area contributed by atoms with Gasteiger partial charge in [0.15, 0.2) is 6.10 Å². The van der Waals surface area contributed by atoms with Gasteiger partial charge in [-0.3, -0.25) is 9.59 Å². The minimum atomic E-state index is -1.75. The molecule has 0 saturated heterocycles. The molecule has 0 amide bonds. The summed E-state index contributed by atoms with van der Waals surface area (Å²) in [4.78, 5) is 34.1. The van der Waals surface area contributed by atoms with E-state index in [0.29, 0.717) is 6.42 Å². The molecule has 0 aliphatic heterocycles. The van der Waals surface area contributed by atoms with Crippen LogP contribution in [0.5, 0.6) is 0 Å². The van der Waals surface area contributed by atoms with Gasteiger partial charge in [0.2, 0.25) is 0 Å². The van der Waals surface area contributed by atoms with E-state index in [2.05, 4.69) is 13.0 Å². The Morgan fingerprint density at radius 3 is 2.31 bits per heavy atom. The number of aliphatic hydroxyl groups is 1. The number of rotatable bonds is 8. The molecule has 0 unspecified atom stereocenters. The third-order valence-electron chi connectivity index (χ3n) is 7.29. The molecule has 164 valence electrons. The summed E-state index contributed by atoms with van der Waals surface area (Å²) in [5.74, 6) is -6.05. The van der Waals surface area contributed by atoms with Crippen molar-refractivity contribution in [3.05, 3.63) is 11.6 Å². The van der Waals surface area contributed by atoms with E-state index in [1.807, 2.05) is 20.8 Å². The van der Waals surface area contributed by atoms with Gasteiger partial charge >= 0.3 is 17.9 Å². The van der Waals surface area contributed by atoms with E-state index in [9.17, 15) is 29.7 Å². The molecule has 1 saturated carbocycles. The Morgan fingerprint density at radius 1 is 1.17 bits per heavy atom. The van der Waals surface area contributed by atoms with Gasteiger partial charge in [-0.15, -0.1) is 0 Å². The zero-order chi connectivity index (χ0) is 22.1. The van der Waals surface area contributed by atoms with Gasteiger partial charge in [-0.1, -0.05) is 32.4 Å². The molecule has 0 heterocycles. The Labute approximate surface area is 170 Å². The molecule has 0 spiro atoms. The Morgan fingerprint density at radius 2 is 1.79 bits per heavy atom. The minimum absolute atomic E-state index is 0.0120. The van der Waals surface area contributed by atoms with Crippen molar-refractivity contribution < 1.29 is 39.5 Å². The molecule has 6 atom stereocenters. The van der Waals surface area contributed by atoms with Gasteiger partial charge < -0.3 is 25.2 Å². The Kier molecular flexibility index (Phi) is 6.79. The predicted octanol–water partition coefficient (Wildman–Crippen LogP) is 2.40. The van der Waals surface area contributed by atoms with Gasteiger partial charge in [-0.05, 0) is 42.9 Å². The van der Waals surface area contributed by atoms with Crippen molar-refractivity contribution in [2.75, 3.05) is 6.61 Å². The maximum atomic E-state index is 11.7. The van der Waals surface area contributed by atoms with Crippen LogP contribution < -0.4 is 0 Å². The first-order valence-electron chi connectivity index (χ1n) is 9.96. The average Bonchev–Trinajstić information content (AvgIpc) is 2.59. The van der Waals surface area contributed by atoms with Crippen LogP contribution in [-0.4, -0.2) is 57.1 Å². The summed E-state index contributed by atoms with van der Waals surface area (Å²) in [7, 11) is 0. The number of ether oxygens (including phenoxy) is 1. The maximum Gasteiger partial charge on any atom is 0.333 e. The first-order valence-corrected chi connectivity index (χ1v) is 9.96. The van der Waals surface area contributed by atoms with Crippen LogP contribution in [0.4, 0.5) is 0 Å². The first kappa shape index (κ1) is 23.3. The van der Waals surface area contributed by atoms with Crippen LogP contribution in [0.25, 0.3) is 0 Å². The van der Waals surface area contributed by atoms with E-state index in [4.69, 9.17) is 9.84 Å². The molecule has 0 aromatic carbocycles. The largest absolute Gasteiger partial charge is 0.481 e. The van der Waals surface area contributed by atoms with Crippen LogP contribution >= 0.6 is 0 Å². The van der Waals surface area contributed by atoms with Gasteiger partial charge in [0.05, 0.1) is 19.1 Å². The van der Waals surface area contributed by atoms with Gasteiger partial charge in [0.1, 0.15) is 5.92 Å². The average molecular weight is 412 g/mol. The highest BCUT2D eigenvalue weighted by molar-refractivity contribution is 5.85. The second-order valence-corrected chi connectivity index (χ2v) is 9.31. The molecule has 2 rings (SSSR count). The smallest absolute Gasteiger partial charge is 0.333 e. The summed E-state index contributed by atoms with van der Waals surface area (Å²) >= 11 is 0. The number of hydrogen-bond acceptors (Lipinski definition) is 5. The molecular weight excluding hydrogens is 380 g/mol. The summed E-state index contributed by atoms with van der Waals surface area (Å²) in [6.07, 6.45) is 1.27. The molecule has 8 nitrogen and oxygen atoms in total. The fourth-order valence-electron chi connectivity index (χ4n) is 5.43. The fraction of sp³-hybridized carbons (Fsp3) is 0.762. The zero-order valence-corrected chi connectivity index (χ0v) is 17.4. The standard InChI is InChI=1S/C21H32O8/c1-11-5-6-14-20(2,3)15(22)7-8-21(14,4)13(11)10-29-17(19(27)28)12(18(25)26)9-16(23)24/h5,12-15,17,22H,6-10H2,1-4H3,(H,23,24)(H,25,26)(H,27,28)/t12-,13-,14-,15-,17+,21+/m0/s1. The van der Waals surface area contributed by atoms with Crippen molar-refractivity contribution in [3.63, 3.8) is 0 Å². The Hall–Kier alpha value is -1.93. The van der Waals surface area contributed by atoms with Crippen molar-refractivity contribution in [2.24, 2.45) is 28.6 Å². The molecule has 2 aliphatic carbocycles. The Balaban J connectivity index is 2.27. The predicted molar refractivity (Wildman–Crippen MR) is 103 cm³/mol. The molecule has 4 N–H and O–H groups in total. The van der Waals surface area contributed by atoms with Crippen molar-refractivity contribution >= 4 is 17.9 Å². The number of carbonyl (C=O) groups is 3. The molecular formula is C21H32O8. The van der Waals surface area contributed by atoms with Gasteiger partial charge in [0.25, 0.3) is 0 Å². The molecule has 0 aromatic heterocycles. The van der Waals surface area contributed by atoms with Crippen LogP contribution in [0.3, 0.4) is 0 Å². The second kappa shape index (κ2) is 8.44. The summed E-state index contributed by atoms with van der Waals surface area (Å²) in [5, 5.41) is 38.3. The lowest BCUT2D eigenvalue weighted by Crippen LogP contribution is -2.55. The highest BCUT2D eigenvalue weighted by atomic mass is 16.5. The highest BCUT2D eigenvalue weighted by Crippen LogP contribution is 2.59. The number of carboxylic acids is 3. The first-order chi connectivity index (χ1) is 13.3. The summed E-state index contributed by atoms with van der Waals surface area (Å²) in [6.45, 7) is 8.15. The monoisotopic (exact) mass is 412 g/mol. The van der Waals surface area contributed by atoms with Crippen molar-refractivity contribution in [1.82, 2.24) is 0 Å². The van der Waals surface area contributed by atoms with Crippen molar-refractivity contribution in [3.8, 4) is 0 Å². The van der Waals surface area contributed by atoms with E-state index >= 15 is 0 Å². The fourth-order valence-corrected chi connectivity index (χ4v) is 5.43. The lowest BCUT2D eigenvalue weighted by Gasteiger charge is -2.58.